The Bertz CT molecular complexity index is 1300. The molecule has 6 atom stereocenters. The molecule has 1 aliphatic heterocycles. The average molecular weight is 599 g/mol. The summed E-state index contributed by atoms with van der Waals surface area (Å²) in [6.07, 6.45) is 6.91. The number of hydrogen-bond donors (Lipinski definition) is 0. The molecule has 0 aromatic heterocycles. The van der Waals surface area contributed by atoms with Gasteiger partial charge in [-0.1, -0.05) is 12.2 Å². The maximum Gasteiger partial charge on any atom is 0.269 e. The topological polar surface area (TPSA) is 111 Å². The minimum absolute atomic E-state index is 0.0180. The van der Waals surface area contributed by atoms with Gasteiger partial charge in [-0.3, -0.25) is 19.7 Å². The third-order valence-electron chi connectivity index (χ3n) is 7.74. The molecule has 2 aromatic carbocycles. The zero-order valence-electron chi connectivity index (χ0n) is 19.2. The molecular weight excluding hydrogens is 577 g/mol. The number of halogens is 1. The zero-order valence-corrected chi connectivity index (χ0v) is 21.4. The van der Waals surface area contributed by atoms with E-state index in [2.05, 4.69) is 39.8 Å². The summed E-state index contributed by atoms with van der Waals surface area (Å²) < 4.78 is 12.2. The number of carbonyl (C=O) groups excluding carboxylic acids is 2. The molecule has 9 nitrogen and oxygen atoms in total. The third kappa shape index (κ3) is 3.69. The second kappa shape index (κ2) is 8.68. The Morgan fingerprint density at radius 1 is 1.11 bits per heavy atom. The van der Waals surface area contributed by atoms with E-state index in [1.165, 1.54) is 25.5 Å². The van der Waals surface area contributed by atoms with E-state index in [1.807, 2.05) is 6.07 Å². The van der Waals surface area contributed by atoms with Crippen LogP contribution in [0.15, 0.2) is 53.7 Å². The summed E-state index contributed by atoms with van der Waals surface area (Å²) in [6.45, 7) is 0.204. The summed E-state index contributed by atoms with van der Waals surface area (Å²) in [4.78, 5) is 36.6. The average Bonchev–Trinajstić information content (AvgIpc) is 3.66. The first kappa shape index (κ1) is 23.1. The van der Waals surface area contributed by atoms with Crippen LogP contribution in [0.25, 0.3) is 0 Å². The van der Waals surface area contributed by atoms with Crippen molar-refractivity contribution in [2.45, 2.75) is 13.0 Å². The summed E-state index contributed by atoms with van der Waals surface area (Å²) in [5, 5.41) is 16.2. The first-order valence-electron chi connectivity index (χ1n) is 11.7. The van der Waals surface area contributed by atoms with E-state index in [4.69, 9.17) is 9.47 Å². The van der Waals surface area contributed by atoms with Gasteiger partial charge in [-0.15, -0.1) is 0 Å². The lowest BCUT2D eigenvalue weighted by Gasteiger charge is -2.37. The highest BCUT2D eigenvalue weighted by molar-refractivity contribution is 14.1. The molecule has 2 aromatic rings. The number of allylic oxidation sites excluding steroid dienone is 2. The summed E-state index contributed by atoms with van der Waals surface area (Å²) in [5.74, 6) is 1.46. The van der Waals surface area contributed by atoms with Gasteiger partial charge in [0.25, 0.3) is 17.5 Å². The second-order valence-electron chi connectivity index (χ2n) is 9.63. The van der Waals surface area contributed by atoms with Gasteiger partial charge in [0.1, 0.15) is 6.61 Å². The van der Waals surface area contributed by atoms with E-state index >= 15 is 0 Å². The van der Waals surface area contributed by atoms with Crippen molar-refractivity contribution in [3.63, 3.8) is 0 Å². The highest BCUT2D eigenvalue weighted by atomic mass is 127. The molecule has 0 N–H and O–H groups in total. The van der Waals surface area contributed by atoms with E-state index < -0.39 is 4.92 Å². The lowest BCUT2D eigenvalue weighted by atomic mass is 9.63. The van der Waals surface area contributed by atoms with Crippen molar-refractivity contribution in [3.05, 3.63) is 73.4 Å². The number of benzene rings is 2. The van der Waals surface area contributed by atoms with Crippen molar-refractivity contribution in [2.75, 3.05) is 7.11 Å². The standard InChI is InChI=1S/C26H22IN3O6/c1-35-21-9-14(8-20(27)24(21)36-12-13-2-4-15(5-3-13)30(33)34)11-28-29-25(31)22-16-6-7-17(19-10-18(16)19)23(22)26(29)32/h2-9,11,16-19,22-23H,10,12H2,1H3/b28-11+. The fourth-order valence-electron chi connectivity index (χ4n) is 6.00. The number of non-ortho nitro benzene ring substituents is 1. The van der Waals surface area contributed by atoms with Crippen LogP contribution in [0.5, 0.6) is 11.5 Å². The number of ether oxygens (including phenoxy) is 2. The van der Waals surface area contributed by atoms with Gasteiger partial charge in [0.2, 0.25) is 0 Å². The van der Waals surface area contributed by atoms with Gasteiger partial charge in [0, 0.05) is 12.1 Å². The minimum atomic E-state index is -0.447. The van der Waals surface area contributed by atoms with Crippen LogP contribution in [0.3, 0.4) is 0 Å². The molecule has 3 fully saturated rings. The number of hydrogen-bond acceptors (Lipinski definition) is 7. The molecule has 6 unspecified atom stereocenters. The molecule has 4 aliphatic carbocycles. The second-order valence-corrected chi connectivity index (χ2v) is 10.8. The lowest BCUT2D eigenvalue weighted by molar-refractivity contribution is -0.384. The Kier molecular flexibility index (Phi) is 5.58. The predicted molar refractivity (Wildman–Crippen MR) is 137 cm³/mol. The predicted octanol–water partition coefficient (Wildman–Crippen LogP) is 4.17. The third-order valence-corrected chi connectivity index (χ3v) is 8.55. The highest BCUT2D eigenvalue weighted by Crippen LogP contribution is 2.65. The molecule has 1 heterocycles. The number of imide groups is 1. The van der Waals surface area contributed by atoms with E-state index in [0.29, 0.717) is 28.9 Å². The highest BCUT2D eigenvalue weighted by Gasteiger charge is 2.67. The number of hydrazone groups is 1. The molecule has 184 valence electrons. The molecule has 36 heavy (non-hydrogen) atoms. The normalized spacial score (nSPS) is 29.4. The van der Waals surface area contributed by atoms with Crippen LogP contribution in [0, 0.1) is 49.2 Å². The van der Waals surface area contributed by atoms with Crippen molar-refractivity contribution in [1.82, 2.24) is 5.01 Å². The molecular formula is C26H22IN3O6. The molecule has 2 amide bonds. The Balaban J connectivity index is 1.18. The molecule has 1 saturated heterocycles. The van der Waals surface area contributed by atoms with Gasteiger partial charge in [-0.25, -0.2) is 0 Å². The molecule has 7 rings (SSSR count). The summed E-state index contributed by atoms with van der Waals surface area (Å²) in [7, 11) is 1.53. The van der Waals surface area contributed by atoms with Gasteiger partial charge in [-0.2, -0.15) is 10.1 Å². The maximum atomic E-state index is 13.1. The fourth-order valence-corrected chi connectivity index (χ4v) is 6.78. The lowest BCUT2D eigenvalue weighted by Crippen LogP contribution is -2.40. The zero-order chi connectivity index (χ0) is 25.1. The van der Waals surface area contributed by atoms with Crippen LogP contribution >= 0.6 is 22.6 Å². The Hall–Kier alpha value is -3.28. The number of methoxy groups -OCH3 is 1. The molecule has 5 aliphatic rings. The minimum Gasteiger partial charge on any atom is -0.493 e. The smallest absolute Gasteiger partial charge is 0.269 e. The van der Waals surface area contributed by atoms with Crippen LogP contribution in [-0.4, -0.2) is 35.1 Å². The van der Waals surface area contributed by atoms with E-state index in [1.54, 1.807) is 18.2 Å². The number of carbonyl (C=O) groups is 2. The largest absolute Gasteiger partial charge is 0.493 e. The van der Waals surface area contributed by atoms with Gasteiger partial charge in [-0.05, 0) is 88.1 Å². The van der Waals surface area contributed by atoms with Gasteiger partial charge in [0.15, 0.2) is 11.5 Å². The number of amides is 2. The first-order valence-corrected chi connectivity index (χ1v) is 12.8. The quantitative estimate of drug-likeness (QED) is 0.118. The SMILES string of the molecule is COc1cc(/C=N/N2C(=O)C3C4C=CC(C5CC45)C3C2=O)cc(I)c1OCc1ccc([N+](=O)[O-])cc1. The summed E-state index contributed by atoms with van der Waals surface area (Å²) >= 11 is 2.12. The van der Waals surface area contributed by atoms with Crippen molar-refractivity contribution in [1.29, 1.82) is 0 Å². The number of rotatable bonds is 7. The van der Waals surface area contributed by atoms with Gasteiger partial charge in [0.05, 0.1) is 33.7 Å². The van der Waals surface area contributed by atoms with Crippen molar-refractivity contribution >= 4 is 46.3 Å². The molecule has 0 spiro atoms. The first-order chi connectivity index (χ1) is 17.4. The van der Waals surface area contributed by atoms with Crippen LogP contribution in [0.2, 0.25) is 0 Å². The maximum absolute atomic E-state index is 13.1. The molecule has 2 bridgehead atoms. The summed E-state index contributed by atoms with van der Waals surface area (Å²) in [6, 6.07) is 9.71. The van der Waals surface area contributed by atoms with Crippen LogP contribution < -0.4 is 9.47 Å². The molecule has 0 radical (unpaired) electrons. The molecule has 10 heteroatoms. The Labute approximate surface area is 220 Å². The summed E-state index contributed by atoms with van der Waals surface area (Å²) in [5.41, 5.74) is 1.46. The fraction of sp³-hybridized carbons (Fsp3) is 0.346. The van der Waals surface area contributed by atoms with Crippen LogP contribution in [-0.2, 0) is 16.2 Å². The Morgan fingerprint density at radius 3 is 2.33 bits per heavy atom. The van der Waals surface area contributed by atoms with E-state index in [-0.39, 0.29) is 47.8 Å². The number of nitro benzene ring substituents is 1. The molecule has 2 saturated carbocycles. The van der Waals surface area contributed by atoms with Crippen molar-refractivity contribution in [3.8, 4) is 11.5 Å². The van der Waals surface area contributed by atoms with Crippen LogP contribution in [0.4, 0.5) is 5.69 Å². The van der Waals surface area contributed by atoms with E-state index in [0.717, 1.165) is 20.6 Å². The van der Waals surface area contributed by atoms with Crippen molar-refractivity contribution in [2.24, 2.45) is 40.6 Å². The van der Waals surface area contributed by atoms with Gasteiger partial charge < -0.3 is 9.47 Å². The Morgan fingerprint density at radius 2 is 1.75 bits per heavy atom. The monoisotopic (exact) mass is 599 g/mol. The van der Waals surface area contributed by atoms with Crippen molar-refractivity contribution < 1.29 is 24.0 Å². The number of nitro groups is 1. The van der Waals surface area contributed by atoms with E-state index in [9.17, 15) is 19.7 Å². The van der Waals surface area contributed by atoms with Gasteiger partial charge >= 0.3 is 0 Å². The number of nitrogens with zero attached hydrogens (tertiary/aromatic N) is 3. The van der Waals surface area contributed by atoms with Crippen LogP contribution in [0.1, 0.15) is 17.5 Å².